The van der Waals surface area contributed by atoms with Gasteiger partial charge in [-0.15, -0.1) is 0 Å². The Bertz CT molecular complexity index is 509. The van der Waals surface area contributed by atoms with E-state index in [1.807, 2.05) is 18.2 Å². The molecule has 1 atom stereocenters. The van der Waals surface area contributed by atoms with Crippen LogP contribution in [0.1, 0.15) is 28.9 Å². The molecule has 0 spiro atoms. The van der Waals surface area contributed by atoms with Gasteiger partial charge in [-0.2, -0.15) is 0 Å². The maximum Gasteiger partial charge on any atom is 0.107 e. The molecule has 0 saturated heterocycles. The van der Waals surface area contributed by atoms with Crippen LogP contribution in [0.2, 0.25) is 0 Å². The Kier molecular flexibility index (Phi) is 6.52. The van der Waals surface area contributed by atoms with Gasteiger partial charge < -0.3 is 15.6 Å². The van der Waals surface area contributed by atoms with Crippen LogP contribution in [0.4, 0.5) is 0 Å². The third-order valence-corrected chi connectivity index (χ3v) is 3.17. The summed E-state index contributed by atoms with van der Waals surface area (Å²) >= 11 is 2.11. The lowest BCUT2D eigenvalue weighted by Gasteiger charge is -1.99. The molecule has 0 unspecified atom stereocenters. The molecule has 0 aliphatic carbocycles. The van der Waals surface area contributed by atoms with Gasteiger partial charge in [-0.1, -0.05) is 42.5 Å². The van der Waals surface area contributed by atoms with Crippen molar-refractivity contribution in [3.05, 3.63) is 69.3 Å². The summed E-state index contributed by atoms with van der Waals surface area (Å²) < 4.78 is 1.02. The SMILES string of the molecule is C[C@H]([NH3+])c1ccccc1.O=C([O-])c1ccc(I)cc1. The Morgan fingerprint density at radius 2 is 1.63 bits per heavy atom. The van der Waals surface area contributed by atoms with E-state index < -0.39 is 5.97 Å². The molecule has 0 aliphatic rings. The van der Waals surface area contributed by atoms with Crippen LogP contribution in [-0.4, -0.2) is 5.97 Å². The monoisotopic (exact) mass is 369 g/mol. The number of quaternary nitrogens is 1. The standard InChI is InChI=1S/C8H11N.C7H5IO2/c1-7(9)8-5-3-2-4-6-8;8-6-3-1-5(2-4-6)7(9)10/h2-7H,9H2,1H3;1-4H,(H,9,10)/t7-;/m0./s1. The van der Waals surface area contributed by atoms with E-state index in [0.29, 0.717) is 6.04 Å². The zero-order valence-corrected chi connectivity index (χ0v) is 12.8. The van der Waals surface area contributed by atoms with Crippen molar-refractivity contribution in [1.29, 1.82) is 0 Å². The molecule has 0 aromatic heterocycles. The molecule has 2 aromatic carbocycles. The van der Waals surface area contributed by atoms with Gasteiger partial charge in [0.2, 0.25) is 0 Å². The van der Waals surface area contributed by atoms with Gasteiger partial charge in [-0.3, -0.25) is 0 Å². The molecule has 2 rings (SSSR count). The Labute approximate surface area is 126 Å². The number of rotatable bonds is 2. The number of halogens is 1. The van der Waals surface area contributed by atoms with Gasteiger partial charge in [0.15, 0.2) is 0 Å². The average molecular weight is 369 g/mol. The predicted molar refractivity (Wildman–Crippen MR) is 81.2 cm³/mol. The summed E-state index contributed by atoms with van der Waals surface area (Å²) in [7, 11) is 0. The molecule has 3 N–H and O–H groups in total. The topological polar surface area (TPSA) is 67.8 Å². The zero-order chi connectivity index (χ0) is 14.3. The largest absolute Gasteiger partial charge is 0.545 e. The molecule has 0 aliphatic heterocycles. The summed E-state index contributed by atoms with van der Waals surface area (Å²) in [6.45, 7) is 2.09. The van der Waals surface area contributed by atoms with E-state index >= 15 is 0 Å². The van der Waals surface area contributed by atoms with E-state index in [1.54, 1.807) is 12.1 Å². The maximum absolute atomic E-state index is 10.2. The first-order chi connectivity index (χ1) is 9.00. The Morgan fingerprint density at radius 1 is 1.11 bits per heavy atom. The van der Waals surface area contributed by atoms with Crippen molar-refractivity contribution in [2.24, 2.45) is 0 Å². The van der Waals surface area contributed by atoms with Gasteiger partial charge in [-0.25, -0.2) is 0 Å². The molecule has 100 valence electrons. The van der Waals surface area contributed by atoms with Gasteiger partial charge in [0.1, 0.15) is 6.04 Å². The van der Waals surface area contributed by atoms with Crippen LogP contribution in [0.3, 0.4) is 0 Å². The molecule has 0 saturated carbocycles. The number of hydrogen-bond donors (Lipinski definition) is 1. The molecule has 0 bridgehead atoms. The minimum Gasteiger partial charge on any atom is -0.545 e. The van der Waals surface area contributed by atoms with E-state index in [9.17, 15) is 9.90 Å². The number of aromatic carboxylic acids is 1. The molecule has 3 nitrogen and oxygen atoms in total. The van der Waals surface area contributed by atoms with Gasteiger partial charge in [-0.05, 0) is 47.2 Å². The number of carboxylic acids is 1. The fourth-order valence-corrected chi connectivity index (χ4v) is 1.73. The highest BCUT2D eigenvalue weighted by atomic mass is 127. The van der Waals surface area contributed by atoms with E-state index in [4.69, 9.17) is 0 Å². The molecular weight excluding hydrogens is 353 g/mol. The summed E-state index contributed by atoms with van der Waals surface area (Å²) in [5, 5.41) is 10.2. The third-order valence-electron chi connectivity index (χ3n) is 2.45. The molecule has 2 aromatic rings. The van der Waals surface area contributed by atoms with Crippen LogP contribution in [0.25, 0.3) is 0 Å². The van der Waals surface area contributed by atoms with Crippen molar-refractivity contribution in [1.82, 2.24) is 0 Å². The van der Waals surface area contributed by atoms with Crippen LogP contribution in [0.5, 0.6) is 0 Å². The molecule has 0 heterocycles. The second-order valence-electron chi connectivity index (χ2n) is 4.11. The summed E-state index contributed by atoms with van der Waals surface area (Å²) in [6.07, 6.45) is 0. The lowest BCUT2D eigenvalue weighted by atomic mass is 10.1. The van der Waals surface area contributed by atoms with Crippen LogP contribution >= 0.6 is 22.6 Å². The molecule has 0 radical (unpaired) electrons. The summed E-state index contributed by atoms with van der Waals surface area (Å²) in [5.74, 6) is -1.13. The number of carbonyl (C=O) groups excluding carboxylic acids is 1. The quantitative estimate of drug-likeness (QED) is 0.818. The van der Waals surface area contributed by atoms with Crippen molar-refractivity contribution < 1.29 is 15.6 Å². The minimum absolute atomic E-state index is 0.223. The van der Waals surface area contributed by atoms with E-state index in [2.05, 4.69) is 47.4 Å². The fraction of sp³-hybridized carbons (Fsp3) is 0.133. The minimum atomic E-state index is -1.13. The van der Waals surface area contributed by atoms with Crippen LogP contribution in [0, 0.1) is 3.57 Å². The summed E-state index contributed by atoms with van der Waals surface area (Å²) in [6, 6.07) is 17.2. The Morgan fingerprint density at radius 3 is 2.00 bits per heavy atom. The lowest BCUT2D eigenvalue weighted by molar-refractivity contribution is -0.420. The van der Waals surface area contributed by atoms with Crippen LogP contribution in [0.15, 0.2) is 54.6 Å². The Balaban J connectivity index is 0.000000191. The second kappa shape index (κ2) is 7.91. The number of carbonyl (C=O) groups is 1. The Hall–Kier alpha value is -1.40. The first kappa shape index (κ1) is 15.7. The third kappa shape index (κ3) is 5.85. The van der Waals surface area contributed by atoms with E-state index in [0.717, 1.165) is 3.57 Å². The maximum atomic E-state index is 10.2. The summed E-state index contributed by atoms with van der Waals surface area (Å²) in [4.78, 5) is 10.2. The van der Waals surface area contributed by atoms with E-state index in [-0.39, 0.29) is 5.56 Å². The second-order valence-corrected chi connectivity index (χ2v) is 5.35. The highest BCUT2D eigenvalue weighted by molar-refractivity contribution is 14.1. The highest BCUT2D eigenvalue weighted by Gasteiger charge is 1.97. The van der Waals surface area contributed by atoms with Crippen molar-refractivity contribution in [2.75, 3.05) is 0 Å². The van der Waals surface area contributed by atoms with Crippen molar-refractivity contribution >= 4 is 28.6 Å². The van der Waals surface area contributed by atoms with Crippen LogP contribution < -0.4 is 10.8 Å². The van der Waals surface area contributed by atoms with Gasteiger partial charge >= 0.3 is 0 Å². The molecule has 0 amide bonds. The predicted octanol–water partition coefficient (Wildman–Crippen LogP) is 1.64. The van der Waals surface area contributed by atoms with Crippen molar-refractivity contribution in [2.45, 2.75) is 13.0 Å². The zero-order valence-electron chi connectivity index (χ0n) is 10.7. The van der Waals surface area contributed by atoms with Gasteiger partial charge in [0.05, 0.1) is 5.97 Å². The van der Waals surface area contributed by atoms with Crippen molar-refractivity contribution in [3.63, 3.8) is 0 Å². The molecule has 0 fully saturated rings. The first-order valence-corrected chi connectivity index (χ1v) is 6.93. The van der Waals surface area contributed by atoms with Gasteiger partial charge in [0.25, 0.3) is 0 Å². The summed E-state index contributed by atoms with van der Waals surface area (Å²) in [5.41, 5.74) is 5.43. The number of benzene rings is 2. The smallest absolute Gasteiger partial charge is 0.107 e. The lowest BCUT2D eigenvalue weighted by Crippen LogP contribution is -2.51. The first-order valence-electron chi connectivity index (χ1n) is 5.85. The molecule has 19 heavy (non-hydrogen) atoms. The highest BCUT2D eigenvalue weighted by Crippen LogP contribution is 2.05. The molecule has 4 heteroatoms. The van der Waals surface area contributed by atoms with Gasteiger partial charge in [0, 0.05) is 9.13 Å². The van der Waals surface area contributed by atoms with Crippen LogP contribution in [-0.2, 0) is 0 Å². The van der Waals surface area contributed by atoms with Crippen molar-refractivity contribution in [3.8, 4) is 0 Å². The fourth-order valence-electron chi connectivity index (χ4n) is 1.37. The molecular formula is C15H16INO2. The van der Waals surface area contributed by atoms with E-state index in [1.165, 1.54) is 17.7 Å². The number of carboxylic acid groups (broad SMARTS) is 1. The number of hydrogen-bond acceptors (Lipinski definition) is 2. The normalized spacial score (nSPS) is 11.1. The average Bonchev–Trinajstić information content (AvgIpc) is 2.41.